The normalized spacial score (nSPS) is 15.7. The molecular formula is C22H24Cl2N2O3. The average molecular weight is 435 g/mol. The van der Waals surface area contributed by atoms with Crippen LogP contribution in [0, 0.1) is 5.92 Å². The van der Waals surface area contributed by atoms with E-state index in [2.05, 4.69) is 5.32 Å². The summed E-state index contributed by atoms with van der Waals surface area (Å²) in [7, 11) is 1.53. The summed E-state index contributed by atoms with van der Waals surface area (Å²) in [5, 5.41) is 4.22. The molecule has 5 nitrogen and oxygen atoms in total. The van der Waals surface area contributed by atoms with E-state index >= 15 is 0 Å². The number of amides is 2. The molecule has 7 heteroatoms. The number of rotatable bonds is 5. The minimum absolute atomic E-state index is 0.0138. The summed E-state index contributed by atoms with van der Waals surface area (Å²) in [6, 6.07) is 12.3. The second-order valence-electron chi connectivity index (χ2n) is 7.19. The molecule has 1 saturated heterocycles. The Bertz CT molecular complexity index is 878. The number of nitrogens with zero attached hydrogens (tertiary/aromatic N) is 1. The third kappa shape index (κ3) is 5.22. The molecule has 0 spiro atoms. The first-order valence-corrected chi connectivity index (χ1v) is 10.3. The maximum absolute atomic E-state index is 12.9. The molecule has 2 amide bonds. The van der Waals surface area contributed by atoms with Crippen molar-refractivity contribution in [3.63, 3.8) is 0 Å². The molecule has 1 aliphatic rings. The zero-order chi connectivity index (χ0) is 21.0. The molecule has 1 atom stereocenters. The van der Waals surface area contributed by atoms with Gasteiger partial charge in [0, 0.05) is 29.1 Å². The second-order valence-corrected chi connectivity index (χ2v) is 8.07. The van der Waals surface area contributed by atoms with Crippen LogP contribution in [0.1, 0.15) is 41.7 Å². The van der Waals surface area contributed by atoms with Gasteiger partial charge in [0.25, 0.3) is 5.91 Å². The van der Waals surface area contributed by atoms with E-state index in [0.29, 0.717) is 47.3 Å². The van der Waals surface area contributed by atoms with E-state index in [1.807, 2.05) is 31.2 Å². The van der Waals surface area contributed by atoms with Crippen LogP contribution in [0.3, 0.4) is 0 Å². The molecule has 0 radical (unpaired) electrons. The summed E-state index contributed by atoms with van der Waals surface area (Å²) in [4.78, 5) is 27.3. The van der Waals surface area contributed by atoms with Gasteiger partial charge >= 0.3 is 0 Å². The van der Waals surface area contributed by atoms with Crippen LogP contribution in [0.25, 0.3) is 0 Å². The van der Waals surface area contributed by atoms with E-state index in [0.717, 1.165) is 5.56 Å². The lowest BCUT2D eigenvalue weighted by molar-refractivity contribution is -0.127. The average Bonchev–Trinajstić information content (AvgIpc) is 2.73. The van der Waals surface area contributed by atoms with Gasteiger partial charge in [-0.25, -0.2) is 0 Å². The molecule has 0 saturated carbocycles. The molecule has 2 aromatic rings. The number of benzene rings is 2. The van der Waals surface area contributed by atoms with Crippen molar-refractivity contribution in [2.75, 3.05) is 20.2 Å². The maximum atomic E-state index is 12.9. The van der Waals surface area contributed by atoms with Crippen molar-refractivity contribution < 1.29 is 14.3 Å². The second kappa shape index (κ2) is 9.51. The molecule has 1 fully saturated rings. The number of nitrogens with one attached hydrogen (secondary N) is 1. The lowest BCUT2D eigenvalue weighted by atomic mass is 9.94. The predicted molar refractivity (Wildman–Crippen MR) is 115 cm³/mol. The highest BCUT2D eigenvalue weighted by molar-refractivity contribution is 6.31. The fraction of sp³-hybridized carbons (Fsp3) is 0.364. The number of piperidine rings is 1. The Labute approximate surface area is 180 Å². The van der Waals surface area contributed by atoms with Crippen LogP contribution in [0.5, 0.6) is 5.75 Å². The summed E-state index contributed by atoms with van der Waals surface area (Å²) in [5.41, 5.74) is 1.45. The first-order valence-electron chi connectivity index (χ1n) is 9.57. The predicted octanol–water partition coefficient (Wildman–Crippen LogP) is 4.73. The van der Waals surface area contributed by atoms with Gasteiger partial charge in [0.1, 0.15) is 5.75 Å². The Morgan fingerprint density at radius 1 is 1.07 bits per heavy atom. The van der Waals surface area contributed by atoms with E-state index in [1.54, 1.807) is 23.1 Å². The number of hydrogen-bond donors (Lipinski definition) is 1. The third-order valence-electron chi connectivity index (χ3n) is 5.27. The summed E-state index contributed by atoms with van der Waals surface area (Å²) >= 11 is 12.0. The quantitative estimate of drug-likeness (QED) is 0.739. The molecule has 1 unspecified atom stereocenters. The summed E-state index contributed by atoms with van der Waals surface area (Å²) in [6.45, 7) is 2.98. The van der Waals surface area contributed by atoms with Crippen molar-refractivity contribution in [1.29, 1.82) is 0 Å². The van der Waals surface area contributed by atoms with Gasteiger partial charge in [-0.2, -0.15) is 0 Å². The summed E-state index contributed by atoms with van der Waals surface area (Å²) < 4.78 is 5.29. The van der Waals surface area contributed by atoms with Crippen molar-refractivity contribution in [2.24, 2.45) is 5.92 Å². The molecule has 1 N–H and O–H groups in total. The summed E-state index contributed by atoms with van der Waals surface area (Å²) in [6.07, 6.45) is 1.24. The van der Waals surface area contributed by atoms with Crippen molar-refractivity contribution in [2.45, 2.75) is 25.8 Å². The van der Waals surface area contributed by atoms with Crippen molar-refractivity contribution in [3.8, 4) is 5.75 Å². The summed E-state index contributed by atoms with van der Waals surface area (Å²) in [5.74, 6) is 0.267. The van der Waals surface area contributed by atoms with Gasteiger partial charge < -0.3 is 15.0 Å². The van der Waals surface area contributed by atoms with Gasteiger partial charge in [-0.15, -0.1) is 0 Å². The van der Waals surface area contributed by atoms with Crippen molar-refractivity contribution in [1.82, 2.24) is 10.2 Å². The van der Waals surface area contributed by atoms with Crippen LogP contribution in [-0.4, -0.2) is 36.9 Å². The van der Waals surface area contributed by atoms with Gasteiger partial charge in [0.2, 0.25) is 5.91 Å². The fourth-order valence-electron chi connectivity index (χ4n) is 3.53. The largest absolute Gasteiger partial charge is 0.496 e. The van der Waals surface area contributed by atoms with Crippen LogP contribution in [0.2, 0.25) is 10.0 Å². The van der Waals surface area contributed by atoms with E-state index in [-0.39, 0.29) is 23.8 Å². The fourth-order valence-corrected chi connectivity index (χ4v) is 3.83. The lowest BCUT2D eigenvalue weighted by Gasteiger charge is -2.32. The van der Waals surface area contributed by atoms with Crippen LogP contribution in [0.15, 0.2) is 42.5 Å². The Morgan fingerprint density at radius 3 is 2.31 bits per heavy atom. The highest BCUT2D eigenvalue weighted by atomic mass is 35.5. The van der Waals surface area contributed by atoms with Gasteiger partial charge in [-0.1, -0.05) is 35.3 Å². The van der Waals surface area contributed by atoms with Gasteiger partial charge in [-0.3, -0.25) is 9.59 Å². The maximum Gasteiger partial charge on any atom is 0.257 e. The number of likely N-dealkylation sites (tertiary alicyclic amines) is 1. The molecule has 3 rings (SSSR count). The number of hydrogen-bond acceptors (Lipinski definition) is 3. The van der Waals surface area contributed by atoms with E-state index in [1.165, 1.54) is 7.11 Å². The minimum Gasteiger partial charge on any atom is -0.496 e. The third-order valence-corrected chi connectivity index (χ3v) is 5.76. The first kappa shape index (κ1) is 21.5. The molecular weight excluding hydrogens is 411 g/mol. The van der Waals surface area contributed by atoms with Gasteiger partial charge in [0.15, 0.2) is 0 Å². The highest BCUT2D eigenvalue weighted by Gasteiger charge is 2.29. The molecule has 0 bridgehead atoms. The smallest absolute Gasteiger partial charge is 0.257 e. The van der Waals surface area contributed by atoms with Crippen LogP contribution in [-0.2, 0) is 4.79 Å². The van der Waals surface area contributed by atoms with Crippen LogP contribution < -0.4 is 10.1 Å². The Balaban J connectivity index is 1.57. The Kier molecular flexibility index (Phi) is 7.04. The van der Waals surface area contributed by atoms with Crippen molar-refractivity contribution in [3.05, 3.63) is 63.6 Å². The molecule has 1 aliphatic heterocycles. The molecule has 0 aliphatic carbocycles. The van der Waals surface area contributed by atoms with Gasteiger partial charge in [0.05, 0.1) is 18.7 Å². The Morgan fingerprint density at radius 2 is 1.69 bits per heavy atom. The topological polar surface area (TPSA) is 58.6 Å². The first-order chi connectivity index (χ1) is 13.9. The Hall–Kier alpha value is -2.24. The SMILES string of the molecule is COc1ccc(Cl)cc1C(=O)N1CCC(C(=O)NC(C)c2ccc(Cl)cc2)CC1. The molecule has 154 valence electrons. The molecule has 2 aromatic carbocycles. The lowest BCUT2D eigenvalue weighted by Crippen LogP contribution is -2.43. The number of methoxy groups -OCH3 is 1. The number of carbonyl (C=O) groups is 2. The van der Waals surface area contributed by atoms with Crippen molar-refractivity contribution >= 4 is 35.0 Å². The van der Waals surface area contributed by atoms with Gasteiger partial charge in [-0.05, 0) is 55.7 Å². The van der Waals surface area contributed by atoms with E-state index < -0.39 is 0 Å². The minimum atomic E-state index is -0.127. The number of ether oxygens (including phenoxy) is 1. The highest BCUT2D eigenvalue weighted by Crippen LogP contribution is 2.27. The van der Waals surface area contributed by atoms with E-state index in [4.69, 9.17) is 27.9 Å². The molecule has 0 aromatic heterocycles. The molecule has 1 heterocycles. The zero-order valence-corrected chi connectivity index (χ0v) is 18.0. The monoisotopic (exact) mass is 434 g/mol. The number of halogens is 2. The standard InChI is InChI=1S/C22H24Cl2N2O3/c1-14(15-3-5-17(23)6-4-15)25-21(27)16-9-11-26(12-10-16)22(28)19-13-18(24)7-8-20(19)29-2/h3-8,13-14,16H,9-12H2,1-2H3,(H,25,27). The van der Waals surface area contributed by atoms with Crippen LogP contribution >= 0.6 is 23.2 Å². The molecule has 29 heavy (non-hydrogen) atoms. The number of carbonyl (C=O) groups excluding carboxylic acids is 2. The van der Waals surface area contributed by atoms with Crippen LogP contribution in [0.4, 0.5) is 0 Å². The zero-order valence-electron chi connectivity index (χ0n) is 16.5. The van der Waals surface area contributed by atoms with E-state index in [9.17, 15) is 9.59 Å².